The van der Waals surface area contributed by atoms with Crippen molar-refractivity contribution in [2.24, 2.45) is 4.99 Å². The molecule has 132 valence electrons. The van der Waals surface area contributed by atoms with Gasteiger partial charge in [-0.15, -0.1) is 0 Å². The van der Waals surface area contributed by atoms with Crippen LogP contribution in [0.5, 0.6) is 0 Å². The Labute approximate surface area is 141 Å². The maximum atomic E-state index is 11.9. The van der Waals surface area contributed by atoms with Gasteiger partial charge in [-0.2, -0.15) is 4.99 Å². The number of carbonyl (C=O) groups excluding carboxylic acids is 2. The summed E-state index contributed by atoms with van der Waals surface area (Å²) in [4.78, 5) is 35.7. The Morgan fingerprint density at radius 3 is 2.08 bits per heavy atom. The van der Waals surface area contributed by atoms with Gasteiger partial charge in [0.25, 0.3) is 0 Å². The van der Waals surface area contributed by atoms with Crippen LogP contribution in [0.1, 0.15) is 47.4 Å². The molecule has 8 heteroatoms. The van der Waals surface area contributed by atoms with Crippen LogP contribution in [-0.4, -0.2) is 39.2 Å². The smallest absolute Gasteiger partial charge is 0.435 e. The number of aromatic nitrogens is 2. The van der Waals surface area contributed by atoms with Gasteiger partial charge in [-0.1, -0.05) is 0 Å². The van der Waals surface area contributed by atoms with E-state index in [1.54, 1.807) is 60.0 Å². The van der Waals surface area contributed by atoms with Crippen LogP contribution in [0.2, 0.25) is 0 Å². The van der Waals surface area contributed by atoms with E-state index in [4.69, 9.17) is 9.47 Å². The molecule has 0 unspecified atom stereocenters. The van der Waals surface area contributed by atoms with Crippen molar-refractivity contribution in [1.29, 1.82) is 0 Å². The quantitative estimate of drug-likeness (QED) is 0.658. The highest BCUT2D eigenvalue weighted by atomic mass is 16.6. The number of hydrogen-bond acceptors (Lipinski definition) is 6. The van der Waals surface area contributed by atoms with Crippen LogP contribution in [0.15, 0.2) is 23.5 Å². The van der Waals surface area contributed by atoms with Crippen LogP contribution in [0, 0.1) is 0 Å². The first-order chi connectivity index (χ1) is 10.9. The Balaban J connectivity index is 2.90. The van der Waals surface area contributed by atoms with Gasteiger partial charge in [0.05, 0.1) is 6.42 Å². The van der Waals surface area contributed by atoms with E-state index in [0.717, 1.165) is 0 Å². The lowest BCUT2D eigenvalue weighted by Gasteiger charge is -2.20. The van der Waals surface area contributed by atoms with Gasteiger partial charge in [-0.25, -0.2) is 19.6 Å². The van der Waals surface area contributed by atoms with E-state index in [-0.39, 0.29) is 12.3 Å². The number of amides is 2. The summed E-state index contributed by atoms with van der Waals surface area (Å²) >= 11 is 0. The van der Waals surface area contributed by atoms with Crippen LogP contribution in [0.4, 0.5) is 9.59 Å². The van der Waals surface area contributed by atoms with Gasteiger partial charge in [-0.3, -0.25) is 5.32 Å². The molecule has 0 saturated heterocycles. The van der Waals surface area contributed by atoms with Crippen molar-refractivity contribution in [3.8, 4) is 0 Å². The summed E-state index contributed by atoms with van der Waals surface area (Å²) < 4.78 is 10.3. The predicted octanol–water partition coefficient (Wildman–Crippen LogP) is 2.88. The second-order valence-corrected chi connectivity index (χ2v) is 7.01. The molecule has 24 heavy (non-hydrogen) atoms. The maximum Gasteiger partial charge on any atom is 0.435 e. The number of alkyl carbamates (subject to hydrolysis) is 1. The SMILES string of the molecule is CC(C)(C)OC(=O)N=C(Cc1ncccn1)NC(=O)OC(C)(C)C. The molecular weight excluding hydrogens is 312 g/mol. The normalized spacial score (nSPS) is 12.5. The lowest BCUT2D eigenvalue weighted by Crippen LogP contribution is -2.38. The first-order valence-electron chi connectivity index (χ1n) is 7.51. The fourth-order valence-electron chi connectivity index (χ4n) is 1.50. The molecule has 1 rings (SSSR count). The molecule has 1 aromatic rings. The van der Waals surface area contributed by atoms with Crippen molar-refractivity contribution < 1.29 is 19.1 Å². The second-order valence-electron chi connectivity index (χ2n) is 7.01. The van der Waals surface area contributed by atoms with Crippen LogP contribution in [0.3, 0.4) is 0 Å². The number of aliphatic imine (C=N–C) groups is 1. The summed E-state index contributed by atoms with van der Waals surface area (Å²) in [5.41, 5.74) is -1.37. The molecule has 0 saturated carbocycles. The maximum absolute atomic E-state index is 11.9. The first kappa shape index (κ1) is 19.5. The highest BCUT2D eigenvalue weighted by molar-refractivity contribution is 6.00. The van der Waals surface area contributed by atoms with E-state index in [1.807, 2.05) is 0 Å². The topological polar surface area (TPSA) is 103 Å². The third-order valence-corrected chi connectivity index (χ3v) is 2.21. The molecule has 0 aliphatic heterocycles. The first-order valence-corrected chi connectivity index (χ1v) is 7.51. The lowest BCUT2D eigenvalue weighted by atomic mass is 10.2. The summed E-state index contributed by atoms with van der Waals surface area (Å²) in [5.74, 6) is 0.445. The van der Waals surface area contributed by atoms with Crippen molar-refractivity contribution in [2.45, 2.75) is 59.2 Å². The second kappa shape index (κ2) is 7.85. The fourth-order valence-corrected chi connectivity index (χ4v) is 1.50. The minimum atomic E-state index is -0.815. The molecule has 0 atom stereocenters. The summed E-state index contributed by atoms with van der Waals surface area (Å²) in [6.45, 7) is 10.4. The van der Waals surface area contributed by atoms with E-state index in [2.05, 4.69) is 20.3 Å². The number of hydrogen-bond donors (Lipinski definition) is 1. The Bertz CT molecular complexity index is 601. The van der Waals surface area contributed by atoms with Gasteiger partial charge in [-0.05, 0) is 47.6 Å². The summed E-state index contributed by atoms with van der Waals surface area (Å²) in [5, 5.41) is 2.45. The zero-order valence-electron chi connectivity index (χ0n) is 14.9. The van der Waals surface area contributed by atoms with E-state index in [9.17, 15) is 9.59 Å². The minimum absolute atomic E-state index is 0.0460. The lowest BCUT2D eigenvalue weighted by molar-refractivity contribution is 0.0561. The van der Waals surface area contributed by atoms with Crippen LogP contribution >= 0.6 is 0 Å². The van der Waals surface area contributed by atoms with Gasteiger partial charge in [0.1, 0.15) is 22.9 Å². The Morgan fingerprint density at radius 2 is 1.58 bits per heavy atom. The number of rotatable bonds is 2. The molecule has 2 amide bonds. The summed E-state index contributed by atoms with van der Waals surface area (Å²) in [6, 6.07) is 1.66. The van der Waals surface area contributed by atoms with Gasteiger partial charge < -0.3 is 9.47 Å². The zero-order valence-corrected chi connectivity index (χ0v) is 14.9. The molecule has 0 aliphatic carbocycles. The monoisotopic (exact) mass is 336 g/mol. The molecule has 0 fully saturated rings. The molecule has 1 aromatic heterocycles. The molecule has 1 heterocycles. The summed E-state index contributed by atoms with van der Waals surface area (Å²) in [7, 11) is 0. The highest BCUT2D eigenvalue weighted by Gasteiger charge is 2.20. The third-order valence-electron chi connectivity index (χ3n) is 2.21. The minimum Gasteiger partial charge on any atom is -0.444 e. The Morgan fingerprint density at radius 1 is 1.04 bits per heavy atom. The summed E-state index contributed by atoms with van der Waals surface area (Å²) in [6.07, 6.45) is 1.63. The molecule has 1 N–H and O–H groups in total. The van der Waals surface area contributed by atoms with Crippen molar-refractivity contribution in [1.82, 2.24) is 15.3 Å². The van der Waals surface area contributed by atoms with Crippen molar-refractivity contribution in [2.75, 3.05) is 0 Å². The Kier molecular flexibility index (Phi) is 6.39. The zero-order chi connectivity index (χ0) is 18.4. The molecular formula is C16H24N4O4. The predicted molar refractivity (Wildman–Crippen MR) is 88.8 cm³/mol. The molecule has 0 bridgehead atoms. The van der Waals surface area contributed by atoms with Gasteiger partial charge in [0.15, 0.2) is 0 Å². The van der Waals surface area contributed by atoms with Crippen molar-refractivity contribution in [3.63, 3.8) is 0 Å². The van der Waals surface area contributed by atoms with E-state index in [1.165, 1.54) is 0 Å². The molecule has 0 spiro atoms. The van der Waals surface area contributed by atoms with Gasteiger partial charge in [0.2, 0.25) is 0 Å². The van der Waals surface area contributed by atoms with E-state index in [0.29, 0.717) is 5.82 Å². The average Bonchev–Trinajstić information content (AvgIpc) is 2.34. The standard InChI is InChI=1S/C16H24N4O4/c1-15(2,3)23-13(21)19-12(10-11-17-8-7-9-18-11)20-14(22)24-16(4,5)6/h7-9H,10H2,1-6H3,(H,19,20,21,22). The highest BCUT2D eigenvalue weighted by Crippen LogP contribution is 2.09. The number of ether oxygens (including phenoxy) is 2. The van der Waals surface area contributed by atoms with Crippen molar-refractivity contribution in [3.05, 3.63) is 24.3 Å². The van der Waals surface area contributed by atoms with Crippen LogP contribution in [-0.2, 0) is 15.9 Å². The Hall–Kier alpha value is -2.51. The number of nitrogens with one attached hydrogen (secondary N) is 1. The van der Waals surface area contributed by atoms with E-state index < -0.39 is 23.4 Å². The third kappa shape index (κ3) is 8.82. The molecule has 0 aromatic carbocycles. The number of nitrogens with zero attached hydrogens (tertiary/aromatic N) is 3. The molecule has 0 aliphatic rings. The fraction of sp³-hybridized carbons (Fsp3) is 0.562. The number of amidine groups is 1. The molecule has 8 nitrogen and oxygen atoms in total. The van der Waals surface area contributed by atoms with Gasteiger partial charge in [0, 0.05) is 12.4 Å². The van der Waals surface area contributed by atoms with Crippen LogP contribution in [0.25, 0.3) is 0 Å². The van der Waals surface area contributed by atoms with Crippen LogP contribution < -0.4 is 5.32 Å². The van der Waals surface area contributed by atoms with Crippen molar-refractivity contribution >= 4 is 18.0 Å². The van der Waals surface area contributed by atoms with E-state index >= 15 is 0 Å². The largest absolute Gasteiger partial charge is 0.444 e. The molecule has 0 radical (unpaired) electrons. The number of carbonyl (C=O) groups is 2. The average molecular weight is 336 g/mol. The van der Waals surface area contributed by atoms with Gasteiger partial charge >= 0.3 is 12.2 Å².